The van der Waals surface area contributed by atoms with Crippen molar-refractivity contribution in [3.8, 4) is 0 Å². The van der Waals surface area contributed by atoms with Crippen LogP contribution in [0.1, 0.15) is 10.4 Å². The molecule has 0 aliphatic rings. The largest absolute Gasteiger partial charge is 0.322 e. The van der Waals surface area contributed by atoms with Crippen molar-refractivity contribution in [2.24, 2.45) is 5.84 Å². The van der Waals surface area contributed by atoms with Crippen molar-refractivity contribution in [3.63, 3.8) is 0 Å². The van der Waals surface area contributed by atoms with Gasteiger partial charge in [-0.15, -0.1) is 0 Å². The van der Waals surface area contributed by atoms with Gasteiger partial charge in [-0.3, -0.25) is 4.79 Å². The number of nitrogen functional groups attached to an aromatic ring is 1. The molecule has 0 radical (unpaired) electrons. The zero-order valence-electron chi connectivity index (χ0n) is 11.2. The van der Waals surface area contributed by atoms with Crippen molar-refractivity contribution in [1.82, 2.24) is 4.98 Å². The van der Waals surface area contributed by atoms with Gasteiger partial charge in [-0.2, -0.15) is 0 Å². The van der Waals surface area contributed by atoms with Crippen LogP contribution < -0.4 is 16.6 Å². The van der Waals surface area contributed by atoms with E-state index in [1.54, 1.807) is 12.1 Å². The molecule has 0 aliphatic carbocycles. The Hall–Kier alpha value is -2.45. The Kier molecular flexibility index (Phi) is 4.20. The normalized spacial score (nSPS) is 11.0. The van der Waals surface area contributed by atoms with Crippen molar-refractivity contribution in [1.29, 1.82) is 0 Å². The highest BCUT2D eigenvalue weighted by molar-refractivity contribution is 7.90. The number of aromatic nitrogens is 1. The molecule has 8 heteroatoms. The van der Waals surface area contributed by atoms with E-state index >= 15 is 0 Å². The first kappa shape index (κ1) is 14.9. The Bertz CT molecular complexity index is 740. The maximum Gasteiger partial charge on any atom is 0.257 e. The summed E-state index contributed by atoms with van der Waals surface area (Å²) in [6.45, 7) is 0. The van der Waals surface area contributed by atoms with E-state index in [-0.39, 0.29) is 10.8 Å². The lowest BCUT2D eigenvalue weighted by atomic mass is 10.2. The lowest BCUT2D eigenvalue weighted by molar-refractivity contribution is 0.102. The van der Waals surface area contributed by atoms with Gasteiger partial charge in [0.15, 0.2) is 9.84 Å². The fraction of sp³-hybridized carbons (Fsp3) is 0.0769. The molecule has 0 atom stereocenters. The lowest BCUT2D eigenvalue weighted by Gasteiger charge is -2.06. The lowest BCUT2D eigenvalue weighted by Crippen LogP contribution is -2.13. The molecule has 0 saturated carbocycles. The van der Waals surface area contributed by atoms with Crippen LogP contribution in [0.5, 0.6) is 0 Å². The first-order valence-electron chi connectivity index (χ1n) is 5.94. The second-order valence-electron chi connectivity index (χ2n) is 4.33. The molecule has 1 aromatic heterocycles. The van der Waals surface area contributed by atoms with Crippen molar-refractivity contribution >= 4 is 27.2 Å². The number of hydrogen-bond donors (Lipinski definition) is 3. The van der Waals surface area contributed by atoms with Crippen molar-refractivity contribution in [2.75, 3.05) is 17.0 Å². The molecule has 0 spiro atoms. The minimum absolute atomic E-state index is 0.195. The number of rotatable bonds is 4. The van der Waals surface area contributed by atoms with Crippen LogP contribution >= 0.6 is 0 Å². The van der Waals surface area contributed by atoms with Crippen LogP contribution in [0.15, 0.2) is 47.5 Å². The minimum atomic E-state index is -3.25. The zero-order chi connectivity index (χ0) is 15.5. The molecule has 0 saturated heterocycles. The highest BCUT2D eigenvalue weighted by Crippen LogP contribution is 2.15. The maximum atomic E-state index is 12.0. The molecule has 2 aromatic rings. The smallest absolute Gasteiger partial charge is 0.257 e. The van der Waals surface area contributed by atoms with E-state index in [2.05, 4.69) is 15.7 Å². The topological polar surface area (TPSA) is 114 Å². The number of hydrazine groups is 1. The molecule has 4 N–H and O–H groups in total. The predicted octanol–water partition coefficient (Wildman–Crippen LogP) is 1.02. The van der Waals surface area contributed by atoms with E-state index < -0.39 is 9.84 Å². The molecule has 2 rings (SSSR count). The van der Waals surface area contributed by atoms with Crippen molar-refractivity contribution in [2.45, 2.75) is 4.90 Å². The molecule has 0 aliphatic heterocycles. The number of amides is 1. The predicted molar refractivity (Wildman–Crippen MR) is 79.6 cm³/mol. The van der Waals surface area contributed by atoms with E-state index in [0.717, 1.165) is 6.26 Å². The van der Waals surface area contributed by atoms with Crippen LogP contribution in [0.25, 0.3) is 0 Å². The third kappa shape index (κ3) is 3.77. The van der Waals surface area contributed by atoms with Gasteiger partial charge in [0.05, 0.1) is 10.5 Å². The molecule has 110 valence electrons. The van der Waals surface area contributed by atoms with Gasteiger partial charge in [0.25, 0.3) is 5.91 Å². The third-order valence-electron chi connectivity index (χ3n) is 2.71. The Morgan fingerprint density at radius 2 is 1.81 bits per heavy atom. The quantitative estimate of drug-likeness (QED) is 0.574. The zero-order valence-corrected chi connectivity index (χ0v) is 12.0. The Labute approximate surface area is 122 Å². The number of benzene rings is 1. The molecular formula is C13H14N4O3S. The maximum absolute atomic E-state index is 12.0. The van der Waals surface area contributed by atoms with Crippen LogP contribution in [0.4, 0.5) is 11.5 Å². The van der Waals surface area contributed by atoms with Gasteiger partial charge in [0.2, 0.25) is 0 Å². The Balaban J connectivity index is 2.12. The SMILES string of the molecule is CS(=O)(=O)c1ccc(NC(=O)c2ccc(NN)nc2)cc1. The Morgan fingerprint density at radius 3 is 2.29 bits per heavy atom. The Morgan fingerprint density at radius 1 is 1.14 bits per heavy atom. The number of nitrogens with two attached hydrogens (primary N) is 1. The highest BCUT2D eigenvalue weighted by Gasteiger charge is 2.09. The van der Waals surface area contributed by atoms with Crippen LogP contribution in [0.3, 0.4) is 0 Å². The van der Waals surface area contributed by atoms with Gasteiger partial charge in [0, 0.05) is 18.1 Å². The summed E-state index contributed by atoms with van der Waals surface area (Å²) in [6.07, 6.45) is 2.51. The van der Waals surface area contributed by atoms with Gasteiger partial charge in [-0.05, 0) is 36.4 Å². The summed E-state index contributed by atoms with van der Waals surface area (Å²) < 4.78 is 22.7. The number of hydrogen-bond acceptors (Lipinski definition) is 6. The number of pyridine rings is 1. The molecule has 21 heavy (non-hydrogen) atoms. The molecular weight excluding hydrogens is 292 g/mol. The summed E-state index contributed by atoms with van der Waals surface area (Å²) in [6, 6.07) is 9.06. The van der Waals surface area contributed by atoms with Crippen molar-refractivity contribution < 1.29 is 13.2 Å². The van der Waals surface area contributed by atoms with E-state index in [0.29, 0.717) is 17.1 Å². The van der Waals surface area contributed by atoms with Crippen LogP contribution in [-0.2, 0) is 9.84 Å². The van der Waals surface area contributed by atoms with E-state index in [4.69, 9.17) is 5.84 Å². The van der Waals surface area contributed by atoms with Gasteiger partial charge in [0.1, 0.15) is 5.82 Å². The number of anilines is 2. The number of nitrogens with zero attached hydrogens (tertiary/aromatic N) is 1. The summed E-state index contributed by atoms with van der Waals surface area (Å²) in [5, 5.41) is 2.65. The molecule has 1 heterocycles. The first-order chi connectivity index (χ1) is 9.90. The summed E-state index contributed by atoms with van der Waals surface area (Å²) in [5.74, 6) is 5.29. The molecule has 7 nitrogen and oxygen atoms in total. The molecule has 0 fully saturated rings. The number of carbonyl (C=O) groups excluding carboxylic acids is 1. The van der Waals surface area contributed by atoms with Gasteiger partial charge >= 0.3 is 0 Å². The van der Waals surface area contributed by atoms with Crippen LogP contribution in [0.2, 0.25) is 0 Å². The number of nitrogens with one attached hydrogen (secondary N) is 2. The number of carbonyl (C=O) groups is 1. The molecule has 0 bridgehead atoms. The van der Waals surface area contributed by atoms with Gasteiger partial charge in [-0.25, -0.2) is 19.2 Å². The first-order valence-corrected chi connectivity index (χ1v) is 7.83. The van der Waals surface area contributed by atoms with Crippen molar-refractivity contribution in [3.05, 3.63) is 48.2 Å². The summed E-state index contributed by atoms with van der Waals surface area (Å²) in [4.78, 5) is 16.1. The second kappa shape index (κ2) is 5.90. The van der Waals surface area contributed by atoms with Gasteiger partial charge < -0.3 is 10.7 Å². The average Bonchev–Trinajstić information content (AvgIpc) is 2.47. The molecule has 1 aromatic carbocycles. The minimum Gasteiger partial charge on any atom is -0.322 e. The standard InChI is InChI=1S/C13H14N4O3S/c1-21(19,20)11-5-3-10(4-6-11)16-13(18)9-2-7-12(17-14)15-8-9/h2-8H,14H2,1H3,(H,15,17)(H,16,18). The van der Waals surface area contributed by atoms with E-state index in [1.165, 1.54) is 30.5 Å². The highest BCUT2D eigenvalue weighted by atomic mass is 32.2. The van der Waals surface area contributed by atoms with E-state index in [9.17, 15) is 13.2 Å². The van der Waals surface area contributed by atoms with Crippen LogP contribution in [0, 0.1) is 0 Å². The fourth-order valence-electron chi connectivity index (χ4n) is 1.60. The monoisotopic (exact) mass is 306 g/mol. The van der Waals surface area contributed by atoms with Gasteiger partial charge in [-0.1, -0.05) is 0 Å². The summed E-state index contributed by atoms with van der Waals surface area (Å²) in [7, 11) is -3.25. The number of sulfone groups is 1. The fourth-order valence-corrected chi connectivity index (χ4v) is 2.23. The third-order valence-corrected chi connectivity index (χ3v) is 3.84. The average molecular weight is 306 g/mol. The molecule has 1 amide bonds. The summed E-state index contributed by atoms with van der Waals surface area (Å²) in [5.41, 5.74) is 3.22. The second-order valence-corrected chi connectivity index (χ2v) is 6.34. The summed E-state index contributed by atoms with van der Waals surface area (Å²) >= 11 is 0. The van der Waals surface area contributed by atoms with Crippen LogP contribution in [-0.4, -0.2) is 25.6 Å². The molecule has 0 unspecified atom stereocenters. The van der Waals surface area contributed by atoms with E-state index in [1.807, 2.05) is 0 Å².